The Hall–Kier alpha value is -2.15. The molecule has 2 aliphatic rings. The summed E-state index contributed by atoms with van der Waals surface area (Å²) in [6.07, 6.45) is 5.68. The van der Waals surface area contributed by atoms with Crippen LogP contribution in [0.25, 0.3) is 11.0 Å². The van der Waals surface area contributed by atoms with E-state index in [2.05, 4.69) is 21.0 Å². The fourth-order valence-electron chi connectivity index (χ4n) is 3.56. The third kappa shape index (κ3) is 2.76. The molecule has 122 valence electrons. The Morgan fingerprint density at radius 1 is 1.26 bits per heavy atom. The molecule has 0 unspecified atom stereocenters. The Morgan fingerprint density at radius 2 is 2.09 bits per heavy atom. The summed E-state index contributed by atoms with van der Waals surface area (Å²) in [4.78, 5) is 20.5. The molecule has 1 amide bonds. The van der Waals surface area contributed by atoms with Crippen molar-refractivity contribution < 1.29 is 9.53 Å². The highest BCUT2D eigenvalue weighted by molar-refractivity contribution is 5.74. The number of hydrogen-bond acceptors (Lipinski definition) is 5. The maximum absolute atomic E-state index is 11.6. The van der Waals surface area contributed by atoms with Crippen LogP contribution < -0.4 is 0 Å². The number of cyclic esters (lactones) is 1. The smallest absolute Gasteiger partial charge is 0.410 e. The Bertz CT molecular complexity index is 720. The number of nitrogens with zero attached hydrogens (tertiary/aromatic N) is 5. The first-order valence-corrected chi connectivity index (χ1v) is 8.13. The largest absolute Gasteiger partial charge is 0.448 e. The van der Waals surface area contributed by atoms with Crippen LogP contribution in [0.15, 0.2) is 18.5 Å². The molecule has 0 bridgehead atoms. The molecule has 4 rings (SSSR count). The topological polar surface area (TPSA) is 63.5 Å². The van der Waals surface area contributed by atoms with Crippen molar-refractivity contribution in [2.75, 3.05) is 26.2 Å². The average molecular weight is 315 g/mol. The summed E-state index contributed by atoms with van der Waals surface area (Å²) in [6.45, 7) is 4.18. The quantitative estimate of drug-likeness (QED) is 0.856. The second-order valence-corrected chi connectivity index (χ2v) is 6.34. The number of hydrogen-bond donors (Lipinski definition) is 0. The Morgan fingerprint density at radius 3 is 2.83 bits per heavy atom. The standard InChI is InChI=1S/C16H21N5O2/c1-19-15-13(10-18-19)8-12(9-17-15)11-20-4-2-14(3-5-20)21-6-7-23-16(21)22/h8-10,14H,2-7,11H2,1H3. The highest BCUT2D eigenvalue weighted by atomic mass is 16.6. The third-order valence-corrected chi connectivity index (χ3v) is 4.82. The number of carbonyl (C=O) groups is 1. The maximum atomic E-state index is 11.6. The van der Waals surface area contributed by atoms with Crippen molar-refractivity contribution in [1.29, 1.82) is 0 Å². The molecule has 0 aromatic carbocycles. The minimum absolute atomic E-state index is 0.144. The van der Waals surface area contributed by atoms with Gasteiger partial charge < -0.3 is 9.64 Å². The van der Waals surface area contributed by atoms with Gasteiger partial charge in [-0.2, -0.15) is 5.10 Å². The minimum Gasteiger partial charge on any atom is -0.448 e. The number of pyridine rings is 1. The number of aryl methyl sites for hydroxylation is 1. The number of piperidine rings is 1. The summed E-state index contributed by atoms with van der Waals surface area (Å²) in [6, 6.07) is 2.50. The predicted octanol–water partition coefficient (Wildman–Crippen LogP) is 1.38. The number of ether oxygens (including phenoxy) is 1. The molecule has 7 nitrogen and oxygen atoms in total. The second kappa shape index (κ2) is 5.81. The number of carbonyl (C=O) groups excluding carboxylic acids is 1. The number of rotatable bonds is 3. The first-order valence-electron chi connectivity index (χ1n) is 8.13. The molecule has 2 aliphatic heterocycles. The van der Waals surface area contributed by atoms with Crippen LogP contribution in [0.5, 0.6) is 0 Å². The summed E-state index contributed by atoms with van der Waals surface area (Å²) in [5, 5.41) is 5.32. The third-order valence-electron chi connectivity index (χ3n) is 4.82. The Balaban J connectivity index is 1.37. The first kappa shape index (κ1) is 14.4. The van der Waals surface area contributed by atoms with E-state index < -0.39 is 0 Å². The molecule has 4 heterocycles. The number of amides is 1. The van der Waals surface area contributed by atoms with Gasteiger partial charge in [-0.15, -0.1) is 0 Å². The lowest BCUT2D eigenvalue weighted by molar-refractivity contribution is 0.115. The molecule has 0 spiro atoms. The van der Waals surface area contributed by atoms with Gasteiger partial charge in [0.25, 0.3) is 0 Å². The lowest BCUT2D eigenvalue weighted by Gasteiger charge is -2.35. The van der Waals surface area contributed by atoms with Crippen LogP contribution in [0.2, 0.25) is 0 Å². The van der Waals surface area contributed by atoms with Crippen LogP contribution in [-0.2, 0) is 18.3 Å². The zero-order valence-electron chi connectivity index (χ0n) is 13.3. The van der Waals surface area contributed by atoms with E-state index in [1.165, 1.54) is 5.56 Å². The van der Waals surface area contributed by atoms with Gasteiger partial charge in [-0.1, -0.05) is 0 Å². The highest BCUT2D eigenvalue weighted by Crippen LogP contribution is 2.21. The van der Waals surface area contributed by atoms with Crippen LogP contribution in [0, 0.1) is 0 Å². The average Bonchev–Trinajstić information content (AvgIpc) is 3.15. The minimum atomic E-state index is -0.144. The van der Waals surface area contributed by atoms with Gasteiger partial charge in [-0.3, -0.25) is 9.58 Å². The summed E-state index contributed by atoms with van der Waals surface area (Å²) >= 11 is 0. The van der Waals surface area contributed by atoms with E-state index in [0.29, 0.717) is 12.6 Å². The van der Waals surface area contributed by atoms with Crippen LogP contribution in [0.1, 0.15) is 18.4 Å². The SMILES string of the molecule is Cn1ncc2cc(CN3CCC(N4CCOC4=O)CC3)cnc21. The van der Waals surface area contributed by atoms with Crippen molar-refractivity contribution in [3.8, 4) is 0 Å². The molecule has 2 fully saturated rings. The summed E-state index contributed by atoms with van der Waals surface area (Å²) in [7, 11) is 1.91. The molecule has 2 saturated heterocycles. The van der Waals surface area contributed by atoms with E-state index in [1.54, 1.807) is 4.68 Å². The normalized spacial score (nSPS) is 20.4. The van der Waals surface area contributed by atoms with Gasteiger partial charge in [0.1, 0.15) is 6.61 Å². The molecule has 2 aromatic heterocycles. The molecule has 0 aliphatic carbocycles. The van der Waals surface area contributed by atoms with Crippen molar-refractivity contribution >= 4 is 17.1 Å². The molecule has 2 aromatic rings. The van der Waals surface area contributed by atoms with Crippen molar-refractivity contribution in [3.63, 3.8) is 0 Å². The number of likely N-dealkylation sites (tertiary alicyclic amines) is 1. The lowest BCUT2D eigenvalue weighted by Crippen LogP contribution is -2.45. The Kier molecular flexibility index (Phi) is 3.65. The van der Waals surface area contributed by atoms with Gasteiger partial charge in [0, 0.05) is 44.3 Å². The number of fused-ring (bicyclic) bond motifs is 1. The monoisotopic (exact) mass is 315 g/mol. The fourth-order valence-corrected chi connectivity index (χ4v) is 3.56. The molecule has 0 saturated carbocycles. The molecule has 7 heteroatoms. The van der Waals surface area contributed by atoms with E-state index >= 15 is 0 Å². The highest BCUT2D eigenvalue weighted by Gasteiger charge is 2.32. The summed E-state index contributed by atoms with van der Waals surface area (Å²) < 4.78 is 6.83. The zero-order chi connectivity index (χ0) is 15.8. The summed E-state index contributed by atoms with van der Waals surface area (Å²) in [5.41, 5.74) is 2.13. The summed E-state index contributed by atoms with van der Waals surface area (Å²) in [5.74, 6) is 0. The van der Waals surface area contributed by atoms with Gasteiger partial charge >= 0.3 is 6.09 Å². The van der Waals surface area contributed by atoms with Crippen LogP contribution >= 0.6 is 0 Å². The van der Waals surface area contributed by atoms with E-state index in [9.17, 15) is 4.79 Å². The van der Waals surface area contributed by atoms with E-state index in [0.717, 1.165) is 50.1 Å². The van der Waals surface area contributed by atoms with Crippen molar-refractivity contribution in [1.82, 2.24) is 24.6 Å². The molecule has 0 atom stereocenters. The van der Waals surface area contributed by atoms with E-state index in [1.807, 2.05) is 24.3 Å². The first-order chi connectivity index (χ1) is 11.2. The predicted molar refractivity (Wildman–Crippen MR) is 84.9 cm³/mol. The van der Waals surface area contributed by atoms with Crippen LogP contribution in [0.3, 0.4) is 0 Å². The van der Waals surface area contributed by atoms with Gasteiger partial charge in [-0.05, 0) is 24.5 Å². The molecule has 0 N–H and O–H groups in total. The van der Waals surface area contributed by atoms with E-state index in [-0.39, 0.29) is 6.09 Å². The van der Waals surface area contributed by atoms with Gasteiger partial charge in [0.15, 0.2) is 5.65 Å². The molecule has 0 radical (unpaired) electrons. The zero-order valence-corrected chi connectivity index (χ0v) is 13.3. The molecular formula is C16H21N5O2. The maximum Gasteiger partial charge on any atom is 0.410 e. The Labute approximate surface area is 134 Å². The van der Waals surface area contributed by atoms with Crippen molar-refractivity contribution in [2.45, 2.75) is 25.4 Å². The van der Waals surface area contributed by atoms with Gasteiger partial charge in [0.2, 0.25) is 0 Å². The lowest BCUT2D eigenvalue weighted by atomic mass is 10.0. The van der Waals surface area contributed by atoms with Crippen LogP contribution in [0.4, 0.5) is 4.79 Å². The second-order valence-electron chi connectivity index (χ2n) is 6.34. The van der Waals surface area contributed by atoms with Crippen molar-refractivity contribution in [3.05, 3.63) is 24.0 Å². The molecule has 23 heavy (non-hydrogen) atoms. The number of aromatic nitrogens is 3. The van der Waals surface area contributed by atoms with E-state index in [4.69, 9.17) is 4.74 Å². The van der Waals surface area contributed by atoms with Gasteiger partial charge in [-0.25, -0.2) is 9.78 Å². The van der Waals surface area contributed by atoms with Crippen molar-refractivity contribution in [2.24, 2.45) is 7.05 Å². The van der Waals surface area contributed by atoms with Crippen LogP contribution in [-0.4, -0.2) is 62.9 Å². The fraction of sp³-hybridized carbons (Fsp3) is 0.562. The molecular weight excluding hydrogens is 294 g/mol. The van der Waals surface area contributed by atoms with Gasteiger partial charge in [0.05, 0.1) is 12.7 Å².